The molecule has 0 aromatic carbocycles. The Bertz CT molecular complexity index is 373. The van der Waals surface area contributed by atoms with Gasteiger partial charge < -0.3 is 20.2 Å². The maximum absolute atomic E-state index is 12.3. The molecule has 20 heavy (non-hydrogen) atoms. The second-order valence-corrected chi connectivity index (χ2v) is 5.00. The second-order valence-electron chi connectivity index (χ2n) is 5.00. The summed E-state index contributed by atoms with van der Waals surface area (Å²) < 4.78 is 0. The molecule has 1 atom stereocenters. The number of piperidine rings is 1. The normalized spacial score (nSPS) is 18.5. The molecule has 2 N–H and O–H groups in total. The molecular weight excluding hydrogens is 262 g/mol. The van der Waals surface area contributed by atoms with Gasteiger partial charge in [-0.1, -0.05) is 6.92 Å². The molecule has 0 aromatic rings. The van der Waals surface area contributed by atoms with Crippen LogP contribution in [0.1, 0.15) is 26.2 Å². The number of nitrogens with one attached hydrogen (secondary N) is 1. The molecule has 3 amide bonds. The topological polar surface area (TPSA) is 90.0 Å². The minimum Gasteiger partial charge on any atom is -0.480 e. The van der Waals surface area contributed by atoms with E-state index in [2.05, 4.69) is 5.32 Å². The third kappa shape index (κ3) is 4.40. The first kappa shape index (κ1) is 16.3. The highest BCUT2D eigenvalue weighted by Gasteiger charge is 2.30. The fraction of sp³-hybridized carbons (Fsp3) is 0.769. The van der Waals surface area contributed by atoms with Crippen molar-refractivity contribution in [2.45, 2.75) is 26.2 Å². The molecule has 0 radical (unpaired) electrons. The highest BCUT2D eigenvalue weighted by atomic mass is 16.4. The molecule has 0 spiro atoms. The Kier molecular flexibility index (Phi) is 6.27. The van der Waals surface area contributed by atoms with Crippen molar-refractivity contribution in [3.63, 3.8) is 0 Å². The van der Waals surface area contributed by atoms with Crippen LogP contribution in [-0.2, 0) is 9.59 Å². The third-order valence-corrected chi connectivity index (χ3v) is 3.40. The van der Waals surface area contributed by atoms with Gasteiger partial charge in [0.2, 0.25) is 5.91 Å². The van der Waals surface area contributed by atoms with E-state index in [0.29, 0.717) is 26.1 Å². The van der Waals surface area contributed by atoms with Crippen molar-refractivity contribution >= 4 is 17.9 Å². The lowest BCUT2D eigenvalue weighted by Gasteiger charge is -2.35. The van der Waals surface area contributed by atoms with Crippen molar-refractivity contribution in [1.29, 1.82) is 0 Å². The molecule has 1 saturated heterocycles. The molecule has 1 aliphatic rings. The van der Waals surface area contributed by atoms with Gasteiger partial charge in [0.15, 0.2) is 0 Å². The summed E-state index contributed by atoms with van der Waals surface area (Å²) in [4.78, 5) is 37.7. The van der Waals surface area contributed by atoms with Gasteiger partial charge in [-0.15, -0.1) is 0 Å². The van der Waals surface area contributed by atoms with Crippen molar-refractivity contribution in [3.05, 3.63) is 0 Å². The number of carbonyl (C=O) groups is 3. The van der Waals surface area contributed by atoms with Crippen LogP contribution in [0.3, 0.4) is 0 Å². The maximum atomic E-state index is 12.3. The van der Waals surface area contributed by atoms with Crippen molar-refractivity contribution < 1.29 is 19.5 Å². The average Bonchev–Trinajstić information content (AvgIpc) is 2.45. The first-order valence-corrected chi connectivity index (χ1v) is 6.96. The summed E-state index contributed by atoms with van der Waals surface area (Å²) in [7, 11) is 1.58. The molecule has 1 heterocycles. The van der Waals surface area contributed by atoms with Gasteiger partial charge in [-0.2, -0.15) is 0 Å². The van der Waals surface area contributed by atoms with Gasteiger partial charge in [0.05, 0.1) is 5.92 Å². The number of amides is 3. The van der Waals surface area contributed by atoms with E-state index in [4.69, 9.17) is 5.11 Å². The van der Waals surface area contributed by atoms with Gasteiger partial charge >= 0.3 is 12.0 Å². The zero-order valence-corrected chi connectivity index (χ0v) is 12.1. The van der Waals surface area contributed by atoms with Gasteiger partial charge in [0.1, 0.15) is 6.54 Å². The second kappa shape index (κ2) is 7.72. The van der Waals surface area contributed by atoms with Crippen LogP contribution >= 0.6 is 0 Å². The van der Waals surface area contributed by atoms with Crippen LogP contribution < -0.4 is 5.32 Å². The minimum atomic E-state index is -1.02. The predicted octanol–water partition coefficient (Wildman–Crippen LogP) is 0.361. The Labute approximate surface area is 118 Å². The molecule has 0 bridgehead atoms. The van der Waals surface area contributed by atoms with E-state index in [1.54, 1.807) is 11.9 Å². The zero-order valence-electron chi connectivity index (χ0n) is 12.1. The fourth-order valence-electron chi connectivity index (χ4n) is 2.44. The molecule has 1 aliphatic heterocycles. The number of carboxylic acid groups (broad SMARTS) is 1. The number of aliphatic carboxylic acids is 1. The average molecular weight is 285 g/mol. The molecule has 7 nitrogen and oxygen atoms in total. The van der Waals surface area contributed by atoms with Gasteiger partial charge in [0.25, 0.3) is 0 Å². The molecular formula is C13H23N3O4. The zero-order chi connectivity index (χ0) is 15.1. The van der Waals surface area contributed by atoms with Crippen molar-refractivity contribution in [2.75, 3.05) is 33.2 Å². The molecule has 1 unspecified atom stereocenters. The lowest BCUT2D eigenvalue weighted by molar-refractivity contribution is -0.138. The molecule has 1 rings (SSSR count). The smallest absolute Gasteiger partial charge is 0.323 e. The van der Waals surface area contributed by atoms with Crippen LogP contribution in [0.5, 0.6) is 0 Å². The van der Waals surface area contributed by atoms with Crippen molar-refractivity contribution in [3.8, 4) is 0 Å². The van der Waals surface area contributed by atoms with E-state index in [0.717, 1.165) is 12.8 Å². The van der Waals surface area contributed by atoms with Crippen LogP contribution in [0.4, 0.5) is 4.79 Å². The highest BCUT2D eigenvalue weighted by Crippen LogP contribution is 2.18. The van der Waals surface area contributed by atoms with E-state index in [1.807, 2.05) is 6.92 Å². The molecule has 1 fully saturated rings. The van der Waals surface area contributed by atoms with E-state index in [9.17, 15) is 14.4 Å². The quantitative estimate of drug-likeness (QED) is 0.763. The Balaban J connectivity index is 2.67. The van der Waals surface area contributed by atoms with Crippen molar-refractivity contribution in [1.82, 2.24) is 15.1 Å². The molecule has 7 heteroatoms. The standard InChI is InChI=1S/C13H23N3O4/c1-3-6-15(9-11(17)18)13(20)16-7-4-5-10(8-16)12(19)14-2/h10H,3-9H2,1-2H3,(H,14,19)(H,17,18). The lowest BCUT2D eigenvalue weighted by Crippen LogP contribution is -2.51. The summed E-state index contributed by atoms with van der Waals surface area (Å²) in [5, 5.41) is 11.5. The maximum Gasteiger partial charge on any atom is 0.323 e. The molecule has 114 valence electrons. The summed E-state index contributed by atoms with van der Waals surface area (Å²) in [5.41, 5.74) is 0. The monoisotopic (exact) mass is 285 g/mol. The Morgan fingerprint density at radius 1 is 1.40 bits per heavy atom. The third-order valence-electron chi connectivity index (χ3n) is 3.40. The van der Waals surface area contributed by atoms with Gasteiger partial charge in [-0.25, -0.2) is 4.79 Å². The Morgan fingerprint density at radius 3 is 2.65 bits per heavy atom. The Hall–Kier alpha value is -1.79. The van der Waals surface area contributed by atoms with Crippen LogP contribution in [0.2, 0.25) is 0 Å². The molecule has 0 aliphatic carbocycles. The number of likely N-dealkylation sites (tertiary alicyclic amines) is 1. The summed E-state index contributed by atoms with van der Waals surface area (Å²) in [6, 6.07) is -0.289. The van der Waals surface area contributed by atoms with Gasteiger partial charge in [0, 0.05) is 26.7 Å². The van der Waals surface area contributed by atoms with E-state index in [-0.39, 0.29) is 24.4 Å². The predicted molar refractivity (Wildman–Crippen MR) is 73.3 cm³/mol. The number of rotatable bonds is 5. The minimum absolute atomic E-state index is 0.0669. The highest BCUT2D eigenvalue weighted by molar-refractivity contribution is 5.82. The number of nitrogens with zero attached hydrogens (tertiary/aromatic N) is 2. The first-order valence-electron chi connectivity index (χ1n) is 6.96. The molecule has 0 saturated carbocycles. The number of hydrogen-bond donors (Lipinski definition) is 2. The largest absolute Gasteiger partial charge is 0.480 e. The number of hydrogen-bond acceptors (Lipinski definition) is 3. The summed E-state index contributed by atoms with van der Waals surface area (Å²) in [6.45, 7) is 2.94. The van der Waals surface area contributed by atoms with Gasteiger partial charge in [-0.3, -0.25) is 9.59 Å². The van der Waals surface area contributed by atoms with E-state index < -0.39 is 5.97 Å². The summed E-state index contributed by atoms with van der Waals surface area (Å²) in [6.07, 6.45) is 2.22. The lowest BCUT2D eigenvalue weighted by atomic mass is 9.97. The van der Waals surface area contributed by atoms with Crippen LogP contribution in [0.25, 0.3) is 0 Å². The fourth-order valence-corrected chi connectivity index (χ4v) is 2.44. The summed E-state index contributed by atoms with van der Waals surface area (Å²) >= 11 is 0. The Morgan fingerprint density at radius 2 is 2.10 bits per heavy atom. The van der Waals surface area contributed by atoms with E-state index in [1.165, 1.54) is 4.90 Å². The van der Waals surface area contributed by atoms with Crippen LogP contribution in [0, 0.1) is 5.92 Å². The SMILES string of the molecule is CCCN(CC(=O)O)C(=O)N1CCCC(C(=O)NC)C1. The number of carboxylic acids is 1. The van der Waals surface area contributed by atoms with Crippen LogP contribution in [0.15, 0.2) is 0 Å². The summed E-state index contributed by atoms with van der Waals surface area (Å²) in [5.74, 6) is -1.29. The number of carbonyl (C=O) groups excluding carboxylic acids is 2. The van der Waals surface area contributed by atoms with Gasteiger partial charge in [-0.05, 0) is 19.3 Å². The number of urea groups is 1. The van der Waals surface area contributed by atoms with E-state index >= 15 is 0 Å². The van der Waals surface area contributed by atoms with Crippen molar-refractivity contribution in [2.24, 2.45) is 5.92 Å². The van der Waals surface area contributed by atoms with Crippen LogP contribution in [-0.4, -0.2) is 66.0 Å². The first-order chi connectivity index (χ1) is 9.49. The molecule has 0 aromatic heterocycles.